The number of pyridine rings is 1. The van der Waals surface area contributed by atoms with E-state index in [1.54, 1.807) is 12.1 Å². The van der Waals surface area contributed by atoms with Gasteiger partial charge in [0.2, 0.25) is 0 Å². The third-order valence-electron chi connectivity index (χ3n) is 2.25. The molecular formula is C12H8BrFN2O2. The van der Waals surface area contributed by atoms with Crippen molar-refractivity contribution >= 4 is 33.3 Å². The summed E-state index contributed by atoms with van der Waals surface area (Å²) in [5, 5.41) is 11.8. The Morgan fingerprint density at radius 3 is 2.83 bits per heavy atom. The number of hydrogen-bond acceptors (Lipinski definition) is 3. The molecular weight excluding hydrogens is 303 g/mol. The van der Waals surface area contributed by atoms with E-state index in [1.165, 1.54) is 24.5 Å². The summed E-state index contributed by atoms with van der Waals surface area (Å²) in [4.78, 5) is 14.7. The van der Waals surface area contributed by atoms with Crippen LogP contribution in [0.5, 0.6) is 0 Å². The Labute approximate surface area is 111 Å². The lowest BCUT2D eigenvalue weighted by molar-refractivity contribution is 0.0697. The highest BCUT2D eigenvalue weighted by Gasteiger charge is 2.10. The molecule has 0 spiro atoms. The van der Waals surface area contributed by atoms with Gasteiger partial charge in [-0.05, 0) is 40.2 Å². The van der Waals surface area contributed by atoms with E-state index in [2.05, 4.69) is 26.2 Å². The van der Waals surface area contributed by atoms with E-state index in [0.29, 0.717) is 15.8 Å². The molecule has 0 aliphatic heterocycles. The second-order valence-corrected chi connectivity index (χ2v) is 4.33. The molecule has 2 rings (SSSR count). The molecule has 0 aliphatic carbocycles. The average Bonchev–Trinajstić information content (AvgIpc) is 2.34. The molecule has 0 saturated carbocycles. The van der Waals surface area contributed by atoms with Crippen molar-refractivity contribution < 1.29 is 14.3 Å². The molecule has 0 atom stereocenters. The summed E-state index contributed by atoms with van der Waals surface area (Å²) in [5.41, 5.74) is 0.851. The minimum atomic E-state index is -1.09. The third kappa shape index (κ3) is 2.65. The first-order valence-corrected chi connectivity index (χ1v) is 5.76. The highest BCUT2D eigenvalue weighted by atomic mass is 79.9. The van der Waals surface area contributed by atoms with Gasteiger partial charge in [-0.3, -0.25) is 4.98 Å². The van der Waals surface area contributed by atoms with Crippen molar-refractivity contribution in [1.29, 1.82) is 0 Å². The summed E-state index contributed by atoms with van der Waals surface area (Å²) in [7, 11) is 0. The van der Waals surface area contributed by atoms with Crippen LogP contribution in [0.2, 0.25) is 0 Å². The number of nitrogens with one attached hydrogen (secondary N) is 1. The van der Waals surface area contributed by atoms with Crippen molar-refractivity contribution in [1.82, 2.24) is 4.98 Å². The van der Waals surface area contributed by atoms with E-state index in [-0.39, 0.29) is 5.56 Å². The van der Waals surface area contributed by atoms with Gasteiger partial charge in [0.15, 0.2) is 0 Å². The monoisotopic (exact) mass is 310 g/mol. The number of anilines is 2. The van der Waals surface area contributed by atoms with Gasteiger partial charge in [0.1, 0.15) is 11.4 Å². The normalized spacial score (nSPS) is 10.1. The molecule has 0 bridgehead atoms. The van der Waals surface area contributed by atoms with Gasteiger partial charge in [0.25, 0.3) is 0 Å². The third-order valence-corrected chi connectivity index (χ3v) is 2.89. The van der Waals surface area contributed by atoms with E-state index in [9.17, 15) is 9.18 Å². The molecule has 18 heavy (non-hydrogen) atoms. The summed E-state index contributed by atoms with van der Waals surface area (Å²) in [6.07, 6.45) is 2.70. The standard InChI is InChI=1S/C12H8BrFN2O2/c13-9-2-1-7(5-10(9)14)16-11-3-4-15-6-8(11)12(17)18/h1-6H,(H,15,16)(H,17,18). The first kappa shape index (κ1) is 12.5. The second-order valence-electron chi connectivity index (χ2n) is 3.48. The number of carboxylic acid groups (broad SMARTS) is 1. The number of nitrogens with zero attached hydrogens (tertiary/aromatic N) is 1. The molecule has 0 fully saturated rings. The zero-order valence-corrected chi connectivity index (χ0v) is 10.6. The number of aromatic nitrogens is 1. The quantitative estimate of drug-likeness (QED) is 0.911. The van der Waals surface area contributed by atoms with Crippen LogP contribution in [0, 0.1) is 5.82 Å². The number of carboxylic acids is 1. The molecule has 2 aromatic rings. The Balaban J connectivity index is 2.34. The minimum absolute atomic E-state index is 0.0285. The lowest BCUT2D eigenvalue weighted by atomic mass is 10.2. The molecule has 2 N–H and O–H groups in total. The predicted molar refractivity (Wildman–Crippen MR) is 68.6 cm³/mol. The maximum Gasteiger partial charge on any atom is 0.339 e. The summed E-state index contributed by atoms with van der Waals surface area (Å²) in [5.74, 6) is -1.52. The number of benzene rings is 1. The molecule has 6 heteroatoms. The lowest BCUT2D eigenvalue weighted by Crippen LogP contribution is -2.03. The Morgan fingerprint density at radius 1 is 1.39 bits per heavy atom. The first-order chi connectivity index (χ1) is 8.58. The van der Waals surface area contributed by atoms with Crippen molar-refractivity contribution in [3.63, 3.8) is 0 Å². The van der Waals surface area contributed by atoms with Gasteiger partial charge in [-0.1, -0.05) is 0 Å². The van der Waals surface area contributed by atoms with Crippen LogP contribution in [0.15, 0.2) is 41.1 Å². The van der Waals surface area contributed by atoms with Crippen molar-refractivity contribution in [3.8, 4) is 0 Å². The lowest BCUT2D eigenvalue weighted by Gasteiger charge is -2.09. The maximum atomic E-state index is 13.3. The fourth-order valence-electron chi connectivity index (χ4n) is 1.40. The topological polar surface area (TPSA) is 62.2 Å². The van der Waals surface area contributed by atoms with Gasteiger partial charge in [0, 0.05) is 18.1 Å². The van der Waals surface area contributed by atoms with E-state index in [4.69, 9.17) is 5.11 Å². The van der Waals surface area contributed by atoms with Crippen LogP contribution in [-0.2, 0) is 0 Å². The van der Waals surface area contributed by atoms with Crippen LogP contribution in [0.3, 0.4) is 0 Å². The number of hydrogen-bond donors (Lipinski definition) is 2. The molecule has 0 aliphatic rings. The molecule has 1 aromatic heterocycles. The van der Waals surface area contributed by atoms with Gasteiger partial charge in [-0.25, -0.2) is 9.18 Å². The fourth-order valence-corrected chi connectivity index (χ4v) is 1.65. The highest BCUT2D eigenvalue weighted by Crippen LogP contribution is 2.24. The van der Waals surface area contributed by atoms with Gasteiger partial charge < -0.3 is 10.4 Å². The zero-order valence-electron chi connectivity index (χ0n) is 9.02. The Morgan fingerprint density at radius 2 is 2.17 bits per heavy atom. The van der Waals surface area contributed by atoms with E-state index in [1.807, 2.05) is 0 Å². The second kappa shape index (κ2) is 5.14. The van der Waals surface area contributed by atoms with Crippen molar-refractivity contribution in [2.24, 2.45) is 0 Å². The first-order valence-electron chi connectivity index (χ1n) is 4.97. The zero-order chi connectivity index (χ0) is 13.1. The van der Waals surface area contributed by atoms with E-state index < -0.39 is 11.8 Å². The minimum Gasteiger partial charge on any atom is -0.478 e. The Kier molecular flexibility index (Phi) is 3.57. The van der Waals surface area contributed by atoms with Crippen LogP contribution in [0.25, 0.3) is 0 Å². The molecule has 1 aromatic carbocycles. The summed E-state index contributed by atoms with van der Waals surface area (Å²) in [6.45, 7) is 0. The van der Waals surface area contributed by atoms with E-state index >= 15 is 0 Å². The smallest absolute Gasteiger partial charge is 0.339 e. The van der Waals surface area contributed by atoms with Crippen molar-refractivity contribution in [2.75, 3.05) is 5.32 Å². The van der Waals surface area contributed by atoms with Crippen molar-refractivity contribution in [3.05, 3.63) is 52.5 Å². The molecule has 1 heterocycles. The highest BCUT2D eigenvalue weighted by molar-refractivity contribution is 9.10. The number of carbonyl (C=O) groups is 1. The summed E-state index contributed by atoms with van der Waals surface area (Å²) in [6, 6.07) is 5.97. The van der Waals surface area contributed by atoms with Crippen molar-refractivity contribution in [2.45, 2.75) is 0 Å². The van der Waals surface area contributed by atoms with Gasteiger partial charge in [0.05, 0.1) is 10.2 Å². The molecule has 92 valence electrons. The van der Waals surface area contributed by atoms with E-state index in [0.717, 1.165) is 0 Å². The maximum absolute atomic E-state index is 13.3. The van der Waals surface area contributed by atoms with Gasteiger partial charge >= 0.3 is 5.97 Å². The molecule has 0 amide bonds. The number of halogens is 2. The Hall–Kier alpha value is -1.95. The van der Waals surface area contributed by atoms with Gasteiger partial charge in [-0.2, -0.15) is 0 Å². The number of rotatable bonds is 3. The largest absolute Gasteiger partial charge is 0.478 e. The summed E-state index contributed by atoms with van der Waals surface area (Å²) < 4.78 is 13.7. The molecule has 0 unspecified atom stereocenters. The average molecular weight is 311 g/mol. The molecule has 0 radical (unpaired) electrons. The molecule has 4 nitrogen and oxygen atoms in total. The van der Waals surface area contributed by atoms with Gasteiger partial charge in [-0.15, -0.1) is 0 Å². The predicted octanol–water partition coefficient (Wildman–Crippen LogP) is 3.43. The van der Waals surface area contributed by atoms with Crippen LogP contribution in [-0.4, -0.2) is 16.1 Å². The van der Waals surface area contributed by atoms with Crippen LogP contribution < -0.4 is 5.32 Å². The van der Waals surface area contributed by atoms with Crippen LogP contribution >= 0.6 is 15.9 Å². The van der Waals surface area contributed by atoms with Crippen LogP contribution in [0.1, 0.15) is 10.4 Å². The SMILES string of the molecule is O=C(O)c1cnccc1Nc1ccc(Br)c(F)c1. The molecule has 0 saturated heterocycles. The summed E-state index contributed by atoms with van der Waals surface area (Å²) >= 11 is 3.05. The Bertz CT molecular complexity index is 604. The number of aromatic carboxylic acids is 1. The van der Waals surface area contributed by atoms with Crippen LogP contribution in [0.4, 0.5) is 15.8 Å². The fraction of sp³-hybridized carbons (Fsp3) is 0.